The average molecular weight is 703 g/mol. The third-order valence-electron chi connectivity index (χ3n) is 11.0. The van der Waals surface area contributed by atoms with E-state index in [1.54, 1.807) is 0 Å². The first kappa shape index (κ1) is 31.2. The molecule has 55 heavy (non-hydrogen) atoms. The minimum Gasteiger partial charge on any atom is -0.456 e. The van der Waals surface area contributed by atoms with Gasteiger partial charge in [0.1, 0.15) is 11.2 Å². The number of hydrogen-bond donors (Lipinski definition) is 0. The maximum Gasteiger partial charge on any atom is 0.136 e. The molecule has 3 nitrogen and oxygen atoms in total. The Morgan fingerprint density at radius 3 is 1.47 bits per heavy atom. The van der Waals surface area contributed by atoms with Crippen molar-refractivity contribution in [2.24, 2.45) is 0 Å². The van der Waals surface area contributed by atoms with Gasteiger partial charge in [-0.05, 0) is 100 Å². The summed E-state index contributed by atoms with van der Waals surface area (Å²) < 4.78 is 8.66. The fourth-order valence-corrected chi connectivity index (χ4v) is 8.43. The molecule has 0 fully saturated rings. The fraction of sp³-hybridized carbons (Fsp3) is 0. The average Bonchev–Trinajstić information content (AvgIpc) is 3.81. The molecule has 0 spiro atoms. The van der Waals surface area contributed by atoms with Crippen LogP contribution < -0.4 is 4.90 Å². The number of anilines is 3. The number of fused-ring (bicyclic) bond motifs is 8. The molecular formula is C52H34N2O. The lowest BCUT2D eigenvalue weighted by atomic mass is 10.00. The van der Waals surface area contributed by atoms with E-state index in [1.807, 2.05) is 12.1 Å². The highest BCUT2D eigenvalue weighted by Gasteiger charge is 2.19. The number of benzene rings is 9. The molecule has 2 heterocycles. The van der Waals surface area contributed by atoms with E-state index in [1.165, 1.54) is 54.8 Å². The highest BCUT2D eigenvalue weighted by Crippen LogP contribution is 2.43. The quantitative estimate of drug-likeness (QED) is 0.172. The maximum atomic E-state index is 6.29. The summed E-state index contributed by atoms with van der Waals surface area (Å²) in [7, 11) is 0. The van der Waals surface area contributed by atoms with Gasteiger partial charge in [0, 0.05) is 44.0 Å². The van der Waals surface area contributed by atoms with Crippen molar-refractivity contribution >= 4 is 71.6 Å². The monoisotopic (exact) mass is 702 g/mol. The van der Waals surface area contributed by atoms with Crippen LogP contribution >= 0.6 is 0 Å². The Labute approximate surface area is 318 Å². The Morgan fingerprint density at radius 2 is 0.836 bits per heavy atom. The first-order valence-electron chi connectivity index (χ1n) is 18.8. The largest absolute Gasteiger partial charge is 0.456 e. The number of hydrogen-bond acceptors (Lipinski definition) is 2. The first-order valence-corrected chi connectivity index (χ1v) is 18.8. The summed E-state index contributed by atoms with van der Waals surface area (Å²) in [6, 6.07) is 73.9. The van der Waals surface area contributed by atoms with Crippen LogP contribution in [0.15, 0.2) is 211 Å². The van der Waals surface area contributed by atoms with Crippen LogP contribution in [-0.4, -0.2) is 4.57 Å². The van der Waals surface area contributed by atoms with Gasteiger partial charge in [-0.3, -0.25) is 0 Å². The van der Waals surface area contributed by atoms with Gasteiger partial charge in [0.25, 0.3) is 0 Å². The number of aromatic nitrogens is 1. The lowest BCUT2D eigenvalue weighted by Gasteiger charge is -2.27. The third-order valence-corrected chi connectivity index (χ3v) is 11.0. The molecule has 3 heteroatoms. The standard InChI is InChI=1S/C52H34N2O/c1-2-11-35(12-3-1)36-21-27-39(28-22-36)53(47-19-10-16-45-44(47)33-34-51-52(45)46-15-6-9-20-50(46)55-51)40-29-23-37(24-30-40)38-25-31-41(32-26-38)54-48-17-7-4-13-42(48)43-14-5-8-18-49(43)54/h1-34H. The maximum absolute atomic E-state index is 6.29. The normalized spacial score (nSPS) is 11.6. The van der Waals surface area contributed by atoms with Crippen molar-refractivity contribution in [2.75, 3.05) is 4.90 Å². The van der Waals surface area contributed by atoms with Crippen LogP contribution in [0.2, 0.25) is 0 Å². The van der Waals surface area contributed by atoms with E-state index in [0.29, 0.717) is 0 Å². The van der Waals surface area contributed by atoms with Crippen molar-refractivity contribution in [1.82, 2.24) is 4.57 Å². The summed E-state index contributed by atoms with van der Waals surface area (Å²) in [4.78, 5) is 2.38. The first-order chi connectivity index (χ1) is 27.3. The Kier molecular flexibility index (Phi) is 7.17. The molecule has 0 atom stereocenters. The van der Waals surface area contributed by atoms with Crippen molar-refractivity contribution in [3.63, 3.8) is 0 Å². The molecule has 0 saturated carbocycles. The summed E-state index contributed by atoms with van der Waals surface area (Å²) >= 11 is 0. The zero-order valence-electron chi connectivity index (χ0n) is 29.9. The minimum absolute atomic E-state index is 0.901. The highest BCUT2D eigenvalue weighted by atomic mass is 16.3. The Balaban J connectivity index is 1.01. The van der Waals surface area contributed by atoms with Crippen LogP contribution in [0.25, 0.3) is 82.5 Å². The zero-order valence-corrected chi connectivity index (χ0v) is 29.9. The summed E-state index contributed by atoms with van der Waals surface area (Å²) in [6.07, 6.45) is 0. The molecule has 0 aliphatic carbocycles. The molecule has 11 aromatic rings. The predicted octanol–water partition coefficient (Wildman–Crippen LogP) is 14.6. The van der Waals surface area contributed by atoms with Crippen LogP contribution in [-0.2, 0) is 0 Å². The number of nitrogens with zero attached hydrogens (tertiary/aromatic N) is 2. The molecule has 0 bridgehead atoms. The van der Waals surface area contributed by atoms with Crippen LogP contribution in [0.4, 0.5) is 17.1 Å². The summed E-state index contributed by atoms with van der Waals surface area (Å²) in [5.74, 6) is 0. The second-order valence-electron chi connectivity index (χ2n) is 14.1. The summed E-state index contributed by atoms with van der Waals surface area (Å²) in [5, 5.41) is 7.15. The molecule has 9 aromatic carbocycles. The van der Waals surface area contributed by atoms with Crippen LogP contribution in [0, 0.1) is 0 Å². The van der Waals surface area contributed by atoms with Gasteiger partial charge < -0.3 is 13.9 Å². The lowest BCUT2D eigenvalue weighted by molar-refractivity contribution is 0.669. The van der Waals surface area contributed by atoms with Gasteiger partial charge in [-0.25, -0.2) is 0 Å². The second kappa shape index (κ2) is 12.6. The van der Waals surface area contributed by atoms with E-state index >= 15 is 0 Å². The number of furan rings is 1. The van der Waals surface area contributed by atoms with E-state index < -0.39 is 0 Å². The van der Waals surface area contributed by atoms with Crippen LogP contribution in [0.3, 0.4) is 0 Å². The van der Waals surface area contributed by atoms with E-state index in [4.69, 9.17) is 4.42 Å². The smallest absolute Gasteiger partial charge is 0.136 e. The molecule has 0 aliphatic heterocycles. The van der Waals surface area contributed by atoms with Crippen molar-refractivity contribution in [3.05, 3.63) is 206 Å². The van der Waals surface area contributed by atoms with Crippen molar-refractivity contribution in [1.29, 1.82) is 0 Å². The molecule has 0 amide bonds. The molecule has 0 unspecified atom stereocenters. The van der Waals surface area contributed by atoms with Crippen molar-refractivity contribution in [3.8, 4) is 27.9 Å². The van der Waals surface area contributed by atoms with Crippen molar-refractivity contribution in [2.45, 2.75) is 0 Å². The van der Waals surface area contributed by atoms with Gasteiger partial charge in [0.05, 0.1) is 16.7 Å². The van der Waals surface area contributed by atoms with Crippen LogP contribution in [0.5, 0.6) is 0 Å². The van der Waals surface area contributed by atoms with Gasteiger partial charge in [-0.1, -0.05) is 133 Å². The van der Waals surface area contributed by atoms with Crippen molar-refractivity contribution < 1.29 is 4.42 Å². The van der Waals surface area contributed by atoms with Gasteiger partial charge in [0.15, 0.2) is 0 Å². The summed E-state index contributed by atoms with van der Waals surface area (Å²) in [6.45, 7) is 0. The molecule has 11 rings (SSSR count). The molecule has 0 aliphatic rings. The lowest BCUT2D eigenvalue weighted by Crippen LogP contribution is -2.10. The molecule has 258 valence electrons. The summed E-state index contributed by atoms with van der Waals surface area (Å²) in [5.41, 5.74) is 13.4. The SMILES string of the molecule is c1ccc(-c2ccc(N(c3ccc(-c4ccc(-n5c6ccccc6c6ccccc65)cc4)cc3)c3cccc4c3ccc3oc5ccccc5c34)cc2)cc1. The molecular weight excluding hydrogens is 669 g/mol. The minimum atomic E-state index is 0.901. The van der Waals surface area contributed by atoms with Gasteiger partial charge in [-0.15, -0.1) is 0 Å². The van der Waals surface area contributed by atoms with E-state index in [9.17, 15) is 0 Å². The number of rotatable bonds is 6. The zero-order chi connectivity index (χ0) is 36.3. The number of para-hydroxylation sites is 3. The van der Waals surface area contributed by atoms with E-state index in [2.05, 4.69) is 204 Å². The van der Waals surface area contributed by atoms with Gasteiger partial charge >= 0.3 is 0 Å². The highest BCUT2D eigenvalue weighted by molar-refractivity contribution is 6.21. The Hall–Kier alpha value is -7.36. The van der Waals surface area contributed by atoms with E-state index in [-0.39, 0.29) is 0 Å². The molecule has 2 aromatic heterocycles. The van der Waals surface area contributed by atoms with Gasteiger partial charge in [0.2, 0.25) is 0 Å². The van der Waals surface area contributed by atoms with E-state index in [0.717, 1.165) is 44.7 Å². The fourth-order valence-electron chi connectivity index (χ4n) is 8.43. The Bertz CT molecular complexity index is 3120. The predicted molar refractivity (Wildman–Crippen MR) is 231 cm³/mol. The second-order valence-corrected chi connectivity index (χ2v) is 14.1. The molecule has 0 saturated heterocycles. The molecule has 0 radical (unpaired) electrons. The molecule has 0 N–H and O–H groups in total. The van der Waals surface area contributed by atoms with Gasteiger partial charge in [-0.2, -0.15) is 0 Å². The topological polar surface area (TPSA) is 21.3 Å². The Morgan fingerprint density at radius 1 is 0.327 bits per heavy atom. The van der Waals surface area contributed by atoms with Crippen LogP contribution in [0.1, 0.15) is 0 Å². The third kappa shape index (κ3) is 5.13.